The number of rotatable bonds is 12. The van der Waals surface area contributed by atoms with Crippen molar-refractivity contribution in [2.45, 2.75) is 19.6 Å². The Morgan fingerprint density at radius 2 is 0.521 bits per heavy atom. The second kappa shape index (κ2) is 15.0. The van der Waals surface area contributed by atoms with E-state index in [2.05, 4.69) is 215 Å². The molecule has 0 bridgehead atoms. The minimum atomic E-state index is 0.727. The average Bonchev–Trinajstić information content (AvgIpc) is 3.17. The maximum atomic E-state index is 2.42. The first kappa shape index (κ1) is 30.6. The van der Waals surface area contributed by atoms with Crippen molar-refractivity contribution in [3.63, 3.8) is 0 Å². The van der Waals surface area contributed by atoms with E-state index >= 15 is 0 Å². The van der Waals surface area contributed by atoms with Gasteiger partial charge in [0.1, 0.15) is 0 Å². The van der Waals surface area contributed by atoms with Crippen LogP contribution in [0.5, 0.6) is 0 Å². The standard InChI is InChI=1S/C45H39N3/c1-7-19-40(20-8-1)46(41-21-9-2-10-22-41)34-37-31-32-38(35-47(42-23-11-3-12-24-42)43-25-13-4-14-26-43)39(33-37)36-48(44-27-15-5-16-28-44)45-29-17-6-18-30-45/h1-33H,34-36H2. The van der Waals surface area contributed by atoms with E-state index in [1.165, 1.54) is 50.8 Å². The van der Waals surface area contributed by atoms with Crippen molar-refractivity contribution in [2.24, 2.45) is 0 Å². The highest BCUT2D eigenvalue weighted by atomic mass is 15.2. The Labute approximate surface area is 284 Å². The van der Waals surface area contributed by atoms with Crippen LogP contribution >= 0.6 is 0 Å². The van der Waals surface area contributed by atoms with Gasteiger partial charge in [0.15, 0.2) is 0 Å². The quantitative estimate of drug-likeness (QED) is 0.134. The lowest BCUT2D eigenvalue weighted by atomic mass is 10.0. The van der Waals surface area contributed by atoms with Gasteiger partial charge in [0.25, 0.3) is 0 Å². The SMILES string of the molecule is c1ccc(N(Cc2ccc(CN(c3ccccc3)c3ccccc3)c(CN(c3ccccc3)c3ccccc3)c2)c2ccccc2)cc1. The molecule has 0 heterocycles. The lowest BCUT2D eigenvalue weighted by molar-refractivity contribution is 0.896. The zero-order valence-corrected chi connectivity index (χ0v) is 27.0. The summed E-state index contributed by atoms with van der Waals surface area (Å²) in [4.78, 5) is 7.23. The Morgan fingerprint density at radius 3 is 0.833 bits per heavy atom. The minimum absolute atomic E-state index is 0.727. The Bertz CT molecular complexity index is 1860. The molecule has 0 aliphatic heterocycles. The molecule has 0 saturated carbocycles. The van der Waals surface area contributed by atoms with E-state index in [4.69, 9.17) is 0 Å². The van der Waals surface area contributed by atoms with Gasteiger partial charge in [-0.2, -0.15) is 0 Å². The highest BCUT2D eigenvalue weighted by Gasteiger charge is 2.18. The minimum Gasteiger partial charge on any atom is -0.337 e. The molecule has 0 aromatic heterocycles. The van der Waals surface area contributed by atoms with Gasteiger partial charge in [-0.3, -0.25) is 0 Å². The van der Waals surface area contributed by atoms with Crippen LogP contribution in [-0.2, 0) is 19.6 Å². The molecule has 3 nitrogen and oxygen atoms in total. The molecule has 7 aromatic rings. The van der Waals surface area contributed by atoms with E-state index in [-0.39, 0.29) is 0 Å². The van der Waals surface area contributed by atoms with Crippen LogP contribution in [0.3, 0.4) is 0 Å². The van der Waals surface area contributed by atoms with Gasteiger partial charge in [-0.25, -0.2) is 0 Å². The number of benzene rings is 7. The van der Waals surface area contributed by atoms with Crippen LogP contribution in [-0.4, -0.2) is 0 Å². The summed E-state index contributed by atoms with van der Waals surface area (Å²) in [5.41, 5.74) is 10.8. The Hall–Kier alpha value is -6.06. The largest absolute Gasteiger partial charge is 0.337 e. The third-order valence-electron chi connectivity index (χ3n) is 8.68. The van der Waals surface area contributed by atoms with Gasteiger partial charge < -0.3 is 14.7 Å². The molecule has 0 saturated heterocycles. The van der Waals surface area contributed by atoms with Crippen LogP contribution in [0, 0.1) is 0 Å². The summed E-state index contributed by atoms with van der Waals surface area (Å²) < 4.78 is 0. The predicted octanol–water partition coefficient (Wildman–Crippen LogP) is 11.7. The van der Waals surface area contributed by atoms with Crippen LogP contribution in [0.15, 0.2) is 200 Å². The van der Waals surface area contributed by atoms with E-state index in [1.807, 2.05) is 0 Å². The Kier molecular flexibility index (Phi) is 9.57. The van der Waals surface area contributed by atoms with Gasteiger partial charge in [-0.05, 0) is 89.5 Å². The zero-order valence-electron chi connectivity index (χ0n) is 27.0. The van der Waals surface area contributed by atoms with E-state index < -0.39 is 0 Å². The van der Waals surface area contributed by atoms with Crippen molar-refractivity contribution in [3.05, 3.63) is 217 Å². The average molecular weight is 622 g/mol. The van der Waals surface area contributed by atoms with Crippen LogP contribution < -0.4 is 14.7 Å². The molecule has 0 radical (unpaired) electrons. The topological polar surface area (TPSA) is 9.72 Å². The summed E-state index contributed by atoms with van der Waals surface area (Å²) in [6.07, 6.45) is 0. The molecule has 48 heavy (non-hydrogen) atoms. The van der Waals surface area contributed by atoms with Gasteiger partial charge in [-0.1, -0.05) is 127 Å². The first-order valence-electron chi connectivity index (χ1n) is 16.6. The van der Waals surface area contributed by atoms with Crippen molar-refractivity contribution < 1.29 is 0 Å². The van der Waals surface area contributed by atoms with Crippen molar-refractivity contribution in [1.82, 2.24) is 0 Å². The fourth-order valence-electron chi connectivity index (χ4n) is 6.24. The molecule has 0 N–H and O–H groups in total. The summed E-state index contributed by atoms with van der Waals surface area (Å²) in [5, 5.41) is 0. The van der Waals surface area contributed by atoms with Crippen LogP contribution in [0.1, 0.15) is 16.7 Å². The Morgan fingerprint density at radius 1 is 0.250 bits per heavy atom. The summed E-state index contributed by atoms with van der Waals surface area (Å²) in [6.45, 7) is 2.21. The lowest BCUT2D eigenvalue weighted by Gasteiger charge is -2.30. The fraction of sp³-hybridized carbons (Fsp3) is 0.0667. The molecule has 0 amide bonds. The van der Waals surface area contributed by atoms with Gasteiger partial charge in [-0.15, -0.1) is 0 Å². The normalized spacial score (nSPS) is 10.8. The highest BCUT2D eigenvalue weighted by molar-refractivity contribution is 5.67. The summed E-state index contributed by atoms with van der Waals surface area (Å²) in [5.74, 6) is 0. The third kappa shape index (κ3) is 7.32. The summed E-state index contributed by atoms with van der Waals surface area (Å²) in [7, 11) is 0. The van der Waals surface area contributed by atoms with E-state index in [9.17, 15) is 0 Å². The van der Waals surface area contributed by atoms with Gasteiger partial charge in [0.05, 0.1) is 0 Å². The number of nitrogens with zero attached hydrogens (tertiary/aromatic N) is 3. The first-order chi connectivity index (χ1) is 23.8. The molecule has 0 atom stereocenters. The number of hydrogen-bond donors (Lipinski definition) is 0. The number of hydrogen-bond acceptors (Lipinski definition) is 3. The number of para-hydroxylation sites is 6. The molecule has 0 spiro atoms. The maximum absolute atomic E-state index is 2.42. The molecule has 0 fully saturated rings. The molecule has 0 unspecified atom stereocenters. The zero-order chi connectivity index (χ0) is 32.4. The maximum Gasteiger partial charge on any atom is 0.0485 e. The molecule has 0 aliphatic carbocycles. The summed E-state index contributed by atoms with van der Waals surface area (Å²) >= 11 is 0. The molecule has 0 aliphatic rings. The van der Waals surface area contributed by atoms with Gasteiger partial charge in [0, 0.05) is 53.8 Å². The van der Waals surface area contributed by atoms with Crippen molar-refractivity contribution >= 4 is 34.1 Å². The van der Waals surface area contributed by atoms with E-state index in [1.54, 1.807) is 0 Å². The van der Waals surface area contributed by atoms with E-state index in [0.29, 0.717) is 0 Å². The van der Waals surface area contributed by atoms with Crippen molar-refractivity contribution in [1.29, 1.82) is 0 Å². The van der Waals surface area contributed by atoms with Crippen molar-refractivity contribution in [3.8, 4) is 0 Å². The summed E-state index contributed by atoms with van der Waals surface area (Å²) in [6, 6.07) is 71.2. The smallest absolute Gasteiger partial charge is 0.0485 e. The highest BCUT2D eigenvalue weighted by Crippen LogP contribution is 2.33. The second-order valence-corrected chi connectivity index (χ2v) is 11.9. The van der Waals surface area contributed by atoms with Crippen molar-refractivity contribution in [2.75, 3.05) is 14.7 Å². The molecule has 3 heteroatoms. The third-order valence-corrected chi connectivity index (χ3v) is 8.68. The molecule has 234 valence electrons. The van der Waals surface area contributed by atoms with Crippen LogP contribution in [0.25, 0.3) is 0 Å². The second-order valence-electron chi connectivity index (χ2n) is 11.9. The Balaban J connectivity index is 1.32. The first-order valence-corrected chi connectivity index (χ1v) is 16.6. The van der Waals surface area contributed by atoms with Crippen LogP contribution in [0.4, 0.5) is 34.1 Å². The van der Waals surface area contributed by atoms with E-state index in [0.717, 1.165) is 19.6 Å². The van der Waals surface area contributed by atoms with Gasteiger partial charge >= 0.3 is 0 Å². The molecular formula is C45H39N3. The van der Waals surface area contributed by atoms with Gasteiger partial charge in [0.2, 0.25) is 0 Å². The molecule has 7 rings (SSSR count). The lowest BCUT2D eigenvalue weighted by Crippen LogP contribution is -2.22. The fourth-order valence-corrected chi connectivity index (χ4v) is 6.24. The number of anilines is 6. The predicted molar refractivity (Wildman–Crippen MR) is 203 cm³/mol. The molecule has 7 aromatic carbocycles. The van der Waals surface area contributed by atoms with Crippen LogP contribution in [0.2, 0.25) is 0 Å². The monoisotopic (exact) mass is 621 g/mol. The molecular weight excluding hydrogens is 583 g/mol.